The Morgan fingerprint density at radius 3 is 2.41 bits per heavy atom. The first kappa shape index (κ1) is 19.7. The molecule has 5 nitrogen and oxygen atoms in total. The topological polar surface area (TPSA) is 51.9 Å². The number of rotatable bonds is 2. The van der Waals surface area contributed by atoms with Gasteiger partial charge in [0.2, 0.25) is 0 Å². The molecule has 5 heteroatoms. The highest BCUT2D eigenvalue weighted by molar-refractivity contribution is 5.64. The van der Waals surface area contributed by atoms with E-state index < -0.39 is 0 Å². The summed E-state index contributed by atoms with van der Waals surface area (Å²) < 4.78 is 1.54. The third-order valence-corrected chi connectivity index (χ3v) is 8.20. The second kappa shape index (κ2) is 7.31. The second-order valence-corrected chi connectivity index (χ2v) is 9.66. The molecule has 0 radical (unpaired) electrons. The quantitative estimate of drug-likeness (QED) is 0.613. The van der Waals surface area contributed by atoms with Gasteiger partial charge in [0.25, 0.3) is 0 Å². The molecule has 32 heavy (non-hydrogen) atoms. The Bertz CT molecular complexity index is 1150. The van der Waals surface area contributed by atoms with Crippen LogP contribution in [-0.4, -0.2) is 32.8 Å². The third-order valence-electron chi connectivity index (χ3n) is 8.20. The van der Waals surface area contributed by atoms with Gasteiger partial charge in [0, 0.05) is 49.5 Å². The molecule has 0 unspecified atom stereocenters. The molecule has 0 saturated carbocycles. The fraction of sp³-hybridized carbons (Fsp3) is 0.407. The van der Waals surface area contributed by atoms with E-state index in [-0.39, 0.29) is 17.3 Å². The number of aryl methyl sites for hydroxylation is 1. The number of para-hydroxylation sites is 1. The van der Waals surface area contributed by atoms with Crippen molar-refractivity contribution in [3.05, 3.63) is 76.9 Å². The molecule has 1 spiro atoms. The van der Waals surface area contributed by atoms with Crippen LogP contribution in [-0.2, 0) is 25.6 Å². The van der Waals surface area contributed by atoms with Gasteiger partial charge >= 0.3 is 0 Å². The van der Waals surface area contributed by atoms with Gasteiger partial charge in [0.1, 0.15) is 0 Å². The molecule has 3 heterocycles. The number of aromatic hydroxyl groups is 2. The summed E-state index contributed by atoms with van der Waals surface area (Å²) in [6.45, 7) is 2.60. The van der Waals surface area contributed by atoms with Crippen molar-refractivity contribution in [2.75, 3.05) is 18.0 Å². The minimum atomic E-state index is -0.288. The lowest BCUT2D eigenvalue weighted by atomic mass is 9.79. The normalized spacial score (nSPS) is 22.2. The lowest BCUT2D eigenvalue weighted by molar-refractivity contribution is 0.103. The van der Waals surface area contributed by atoms with E-state index in [2.05, 4.69) is 58.3 Å². The van der Waals surface area contributed by atoms with E-state index in [4.69, 9.17) is 0 Å². The van der Waals surface area contributed by atoms with Crippen molar-refractivity contribution in [3.8, 4) is 11.8 Å². The van der Waals surface area contributed by atoms with Crippen molar-refractivity contribution in [1.29, 1.82) is 0 Å². The van der Waals surface area contributed by atoms with Crippen LogP contribution in [0, 0.1) is 0 Å². The van der Waals surface area contributed by atoms with Gasteiger partial charge in [-0.3, -0.25) is 9.47 Å². The molecule has 1 aromatic heterocycles. The first-order valence-corrected chi connectivity index (χ1v) is 11.8. The van der Waals surface area contributed by atoms with Crippen molar-refractivity contribution in [2.45, 2.75) is 50.2 Å². The van der Waals surface area contributed by atoms with Crippen LogP contribution < -0.4 is 4.90 Å². The Morgan fingerprint density at radius 1 is 0.906 bits per heavy atom. The SMILES string of the molecule is Cn1c(O)c2c(c1O)C1(CCN([C@@H]3CCCc4ccccc43)CC1)N(c1ccccc1)C2. The molecule has 0 bridgehead atoms. The van der Waals surface area contributed by atoms with Gasteiger partial charge in [-0.1, -0.05) is 42.5 Å². The molecule has 2 aliphatic heterocycles. The van der Waals surface area contributed by atoms with E-state index in [1.165, 1.54) is 30.4 Å². The fourth-order valence-corrected chi connectivity index (χ4v) is 6.58. The highest BCUT2D eigenvalue weighted by atomic mass is 16.3. The molecule has 6 rings (SSSR count). The number of hydrogen-bond donors (Lipinski definition) is 2. The van der Waals surface area contributed by atoms with Crippen LogP contribution in [0.25, 0.3) is 0 Å². The van der Waals surface area contributed by atoms with Crippen molar-refractivity contribution in [2.24, 2.45) is 7.05 Å². The lowest BCUT2D eigenvalue weighted by Crippen LogP contribution is -2.51. The molecule has 3 aromatic rings. The highest BCUT2D eigenvalue weighted by Gasteiger charge is 2.52. The maximum absolute atomic E-state index is 11.0. The van der Waals surface area contributed by atoms with E-state index in [0.29, 0.717) is 12.6 Å². The summed E-state index contributed by atoms with van der Waals surface area (Å²) >= 11 is 0. The molecule has 2 N–H and O–H groups in total. The Labute approximate surface area is 189 Å². The predicted octanol–water partition coefficient (Wildman–Crippen LogP) is 4.83. The number of hydrogen-bond acceptors (Lipinski definition) is 4. The summed E-state index contributed by atoms with van der Waals surface area (Å²) in [5.74, 6) is 0.409. The zero-order valence-electron chi connectivity index (χ0n) is 18.7. The molecule has 1 saturated heterocycles. The van der Waals surface area contributed by atoms with Gasteiger partial charge in [-0.05, 0) is 55.4 Å². The molecule has 1 aliphatic carbocycles. The minimum absolute atomic E-state index is 0.193. The van der Waals surface area contributed by atoms with Crippen molar-refractivity contribution < 1.29 is 10.2 Å². The van der Waals surface area contributed by atoms with Crippen LogP contribution in [0.15, 0.2) is 54.6 Å². The number of likely N-dealkylation sites (tertiary alicyclic amines) is 1. The monoisotopic (exact) mass is 429 g/mol. The molecular formula is C27H31N3O2. The summed E-state index contributed by atoms with van der Waals surface area (Å²) in [7, 11) is 1.75. The Balaban J connectivity index is 1.36. The van der Waals surface area contributed by atoms with E-state index >= 15 is 0 Å². The van der Waals surface area contributed by atoms with Crippen LogP contribution in [0.3, 0.4) is 0 Å². The third kappa shape index (κ3) is 2.73. The summed E-state index contributed by atoms with van der Waals surface area (Å²) in [6.07, 6.45) is 5.52. The molecule has 1 fully saturated rings. The predicted molar refractivity (Wildman–Crippen MR) is 126 cm³/mol. The minimum Gasteiger partial charge on any atom is -0.494 e. The number of anilines is 1. The first-order valence-electron chi connectivity index (χ1n) is 11.8. The summed E-state index contributed by atoms with van der Waals surface area (Å²) in [5, 5.41) is 21.8. The molecule has 2 aromatic carbocycles. The maximum Gasteiger partial charge on any atom is 0.199 e. The maximum atomic E-state index is 11.0. The highest BCUT2D eigenvalue weighted by Crippen LogP contribution is 2.55. The number of fused-ring (bicyclic) bond motifs is 3. The average Bonchev–Trinajstić information content (AvgIpc) is 3.28. The molecular weight excluding hydrogens is 398 g/mol. The number of benzene rings is 2. The van der Waals surface area contributed by atoms with E-state index in [1.807, 2.05) is 6.07 Å². The first-order chi connectivity index (χ1) is 15.6. The van der Waals surface area contributed by atoms with E-state index in [9.17, 15) is 10.2 Å². The Morgan fingerprint density at radius 2 is 1.62 bits per heavy atom. The molecule has 3 aliphatic rings. The summed E-state index contributed by atoms with van der Waals surface area (Å²) in [6, 6.07) is 19.9. The number of aromatic nitrogens is 1. The van der Waals surface area contributed by atoms with Gasteiger partial charge in [0.15, 0.2) is 11.8 Å². The van der Waals surface area contributed by atoms with Crippen molar-refractivity contribution in [1.82, 2.24) is 9.47 Å². The van der Waals surface area contributed by atoms with Crippen LogP contribution in [0.1, 0.15) is 54.0 Å². The van der Waals surface area contributed by atoms with Gasteiger partial charge < -0.3 is 15.1 Å². The van der Waals surface area contributed by atoms with Crippen molar-refractivity contribution >= 4 is 5.69 Å². The van der Waals surface area contributed by atoms with Gasteiger partial charge in [-0.25, -0.2) is 0 Å². The van der Waals surface area contributed by atoms with Gasteiger partial charge in [0.05, 0.1) is 5.54 Å². The lowest BCUT2D eigenvalue weighted by Gasteiger charge is -2.49. The zero-order chi connectivity index (χ0) is 21.9. The van der Waals surface area contributed by atoms with E-state index in [1.54, 1.807) is 11.6 Å². The Hall–Kier alpha value is -2.92. The van der Waals surface area contributed by atoms with Crippen LogP contribution in [0.2, 0.25) is 0 Å². The molecule has 166 valence electrons. The average molecular weight is 430 g/mol. The van der Waals surface area contributed by atoms with Crippen LogP contribution in [0.5, 0.6) is 11.8 Å². The standard InChI is InChI=1S/C27H31N3O2/c1-28-25(31)22-18-30(20-10-3-2-4-11-20)27(24(22)26(28)32)14-16-29(17-15-27)23-13-7-9-19-8-5-6-12-21(19)23/h2-6,8,10-12,23,31-32H,7,9,13-18H2,1H3/t23-/m1/s1. The zero-order valence-corrected chi connectivity index (χ0v) is 18.7. The second-order valence-electron chi connectivity index (χ2n) is 9.66. The fourth-order valence-electron chi connectivity index (χ4n) is 6.58. The van der Waals surface area contributed by atoms with Crippen molar-refractivity contribution in [3.63, 3.8) is 0 Å². The Kier molecular flexibility index (Phi) is 4.51. The summed E-state index contributed by atoms with van der Waals surface area (Å²) in [5.41, 5.74) is 5.69. The van der Waals surface area contributed by atoms with Gasteiger partial charge in [-0.2, -0.15) is 0 Å². The smallest absolute Gasteiger partial charge is 0.199 e. The van der Waals surface area contributed by atoms with Gasteiger partial charge in [-0.15, -0.1) is 0 Å². The summed E-state index contributed by atoms with van der Waals surface area (Å²) in [4.78, 5) is 5.08. The number of nitrogens with zero attached hydrogens (tertiary/aromatic N) is 3. The van der Waals surface area contributed by atoms with Crippen LogP contribution in [0.4, 0.5) is 5.69 Å². The molecule has 1 atom stereocenters. The van der Waals surface area contributed by atoms with Crippen LogP contribution >= 0.6 is 0 Å². The van der Waals surface area contributed by atoms with E-state index in [0.717, 1.165) is 42.7 Å². The largest absolute Gasteiger partial charge is 0.494 e. The molecule has 0 amide bonds. The number of piperidine rings is 1.